The lowest BCUT2D eigenvalue weighted by atomic mass is 9.78. The predicted octanol–water partition coefficient (Wildman–Crippen LogP) is 3.68. The highest BCUT2D eigenvalue weighted by atomic mass is 35.5. The van der Waals surface area contributed by atoms with Crippen LogP contribution in [0.2, 0.25) is 5.02 Å². The van der Waals surface area contributed by atoms with Gasteiger partial charge in [0, 0.05) is 5.54 Å². The van der Waals surface area contributed by atoms with E-state index in [0.29, 0.717) is 0 Å². The van der Waals surface area contributed by atoms with Crippen LogP contribution in [0.5, 0.6) is 0 Å². The largest absolute Gasteiger partial charge is 0.325 e. The van der Waals surface area contributed by atoms with Gasteiger partial charge in [-0.3, -0.25) is 0 Å². The van der Waals surface area contributed by atoms with Gasteiger partial charge in [0.15, 0.2) is 0 Å². The van der Waals surface area contributed by atoms with E-state index in [9.17, 15) is 4.39 Å². The molecule has 0 heterocycles. The third kappa shape index (κ3) is 2.74. The van der Waals surface area contributed by atoms with E-state index in [2.05, 4.69) is 0 Å². The molecule has 0 atom stereocenters. The van der Waals surface area contributed by atoms with E-state index in [1.54, 1.807) is 6.07 Å². The first-order valence-electron chi connectivity index (χ1n) is 5.82. The minimum atomic E-state index is -0.349. The summed E-state index contributed by atoms with van der Waals surface area (Å²) in [6.07, 6.45) is 6.47. The maximum atomic E-state index is 13.3. The molecule has 0 bridgehead atoms. The van der Waals surface area contributed by atoms with Crippen molar-refractivity contribution in [1.29, 1.82) is 0 Å². The molecule has 0 aliphatic heterocycles. The molecule has 0 radical (unpaired) electrons. The first-order chi connectivity index (χ1) is 7.59. The number of hydrogen-bond donors (Lipinski definition) is 1. The van der Waals surface area contributed by atoms with Crippen LogP contribution in [0.15, 0.2) is 18.2 Å². The Labute approximate surface area is 101 Å². The Balaban J connectivity index is 2.10. The van der Waals surface area contributed by atoms with Gasteiger partial charge < -0.3 is 5.73 Å². The van der Waals surface area contributed by atoms with Gasteiger partial charge >= 0.3 is 0 Å². The van der Waals surface area contributed by atoms with Gasteiger partial charge in [0.25, 0.3) is 0 Å². The summed E-state index contributed by atoms with van der Waals surface area (Å²) in [4.78, 5) is 0. The van der Waals surface area contributed by atoms with Crippen LogP contribution >= 0.6 is 11.6 Å². The number of halogens is 2. The van der Waals surface area contributed by atoms with Crippen molar-refractivity contribution < 1.29 is 4.39 Å². The van der Waals surface area contributed by atoms with Crippen molar-refractivity contribution in [2.45, 2.75) is 44.1 Å². The molecule has 16 heavy (non-hydrogen) atoms. The zero-order valence-electron chi connectivity index (χ0n) is 9.31. The minimum absolute atomic E-state index is 0.140. The normalized spacial score (nSPS) is 19.7. The van der Waals surface area contributed by atoms with Crippen molar-refractivity contribution in [2.75, 3.05) is 0 Å². The molecular formula is C13H17ClFN. The van der Waals surface area contributed by atoms with Gasteiger partial charge in [0.2, 0.25) is 0 Å². The van der Waals surface area contributed by atoms with Crippen molar-refractivity contribution in [3.05, 3.63) is 34.6 Å². The molecule has 1 fully saturated rings. The third-order valence-corrected chi connectivity index (χ3v) is 3.70. The lowest BCUT2D eigenvalue weighted by molar-refractivity contribution is 0.294. The molecule has 1 aliphatic rings. The van der Waals surface area contributed by atoms with Crippen LogP contribution in [-0.2, 0) is 6.42 Å². The van der Waals surface area contributed by atoms with E-state index in [1.165, 1.54) is 25.3 Å². The van der Waals surface area contributed by atoms with Crippen LogP contribution in [0.25, 0.3) is 0 Å². The number of benzene rings is 1. The zero-order valence-corrected chi connectivity index (χ0v) is 10.1. The van der Waals surface area contributed by atoms with Gasteiger partial charge in [-0.1, -0.05) is 36.9 Å². The Morgan fingerprint density at radius 2 is 1.94 bits per heavy atom. The van der Waals surface area contributed by atoms with Gasteiger partial charge in [-0.25, -0.2) is 4.39 Å². The Hall–Kier alpha value is -0.600. The van der Waals surface area contributed by atoms with Crippen molar-refractivity contribution in [3.63, 3.8) is 0 Å². The van der Waals surface area contributed by atoms with Gasteiger partial charge in [-0.05, 0) is 37.0 Å². The number of rotatable bonds is 2. The van der Waals surface area contributed by atoms with Crippen molar-refractivity contribution >= 4 is 11.6 Å². The first kappa shape index (κ1) is 11.9. The molecule has 88 valence electrons. The van der Waals surface area contributed by atoms with Gasteiger partial charge in [0.1, 0.15) is 5.82 Å². The number of hydrogen-bond acceptors (Lipinski definition) is 1. The fourth-order valence-electron chi connectivity index (χ4n) is 2.49. The van der Waals surface area contributed by atoms with E-state index in [4.69, 9.17) is 17.3 Å². The average molecular weight is 242 g/mol. The van der Waals surface area contributed by atoms with Crippen LogP contribution in [-0.4, -0.2) is 5.54 Å². The first-order valence-corrected chi connectivity index (χ1v) is 6.20. The molecule has 0 spiro atoms. The number of nitrogens with two attached hydrogens (primary N) is 1. The maximum Gasteiger partial charge on any atom is 0.142 e. The quantitative estimate of drug-likeness (QED) is 0.840. The van der Waals surface area contributed by atoms with Crippen LogP contribution in [0.3, 0.4) is 0 Å². The summed E-state index contributed by atoms with van der Waals surface area (Å²) in [5.41, 5.74) is 7.13. The average Bonchev–Trinajstić information content (AvgIpc) is 2.24. The smallest absolute Gasteiger partial charge is 0.142 e. The second-order valence-electron chi connectivity index (χ2n) is 4.85. The Kier molecular flexibility index (Phi) is 3.50. The highest BCUT2D eigenvalue weighted by Gasteiger charge is 2.27. The molecule has 0 unspecified atom stereocenters. The fourth-order valence-corrected chi connectivity index (χ4v) is 2.61. The molecule has 0 amide bonds. The summed E-state index contributed by atoms with van der Waals surface area (Å²) in [5.74, 6) is -0.349. The molecule has 1 aromatic carbocycles. The van der Waals surface area contributed by atoms with Crippen LogP contribution in [0.1, 0.15) is 37.7 Å². The fraction of sp³-hybridized carbons (Fsp3) is 0.538. The van der Waals surface area contributed by atoms with E-state index in [1.807, 2.05) is 6.07 Å². The molecule has 1 aliphatic carbocycles. The van der Waals surface area contributed by atoms with E-state index in [0.717, 1.165) is 24.8 Å². The van der Waals surface area contributed by atoms with E-state index in [-0.39, 0.29) is 16.4 Å². The van der Waals surface area contributed by atoms with E-state index >= 15 is 0 Å². The zero-order chi connectivity index (χ0) is 11.6. The highest BCUT2D eigenvalue weighted by Crippen LogP contribution is 2.29. The van der Waals surface area contributed by atoms with E-state index < -0.39 is 0 Å². The standard InChI is InChI=1S/C13H17ClFN/c14-11-5-4-10(8-12(11)15)9-13(16)6-2-1-3-7-13/h4-5,8H,1-3,6-7,9,16H2. The van der Waals surface area contributed by atoms with Crippen molar-refractivity contribution in [1.82, 2.24) is 0 Å². The molecule has 1 saturated carbocycles. The molecule has 2 N–H and O–H groups in total. The van der Waals surface area contributed by atoms with Crippen molar-refractivity contribution in [3.8, 4) is 0 Å². The van der Waals surface area contributed by atoms with Crippen molar-refractivity contribution in [2.24, 2.45) is 5.73 Å². The monoisotopic (exact) mass is 241 g/mol. The molecule has 0 aromatic heterocycles. The summed E-state index contributed by atoms with van der Waals surface area (Å²) in [7, 11) is 0. The van der Waals surface area contributed by atoms with Crippen LogP contribution in [0, 0.1) is 5.82 Å². The minimum Gasteiger partial charge on any atom is -0.325 e. The SMILES string of the molecule is NC1(Cc2ccc(Cl)c(F)c2)CCCCC1. The summed E-state index contributed by atoms with van der Waals surface area (Å²) in [6.45, 7) is 0. The second-order valence-corrected chi connectivity index (χ2v) is 5.26. The van der Waals surface area contributed by atoms with Gasteiger partial charge in [-0.15, -0.1) is 0 Å². The molecule has 0 saturated heterocycles. The lowest BCUT2D eigenvalue weighted by Gasteiger charge is -2.33. The third-order valence-electron chi connectivity index (χ3n) is 3.39. The molecular weight excluding hydrogens is 225 g/mol. The van der Waals surface area contributed by atoms with Crippen LogP contribution in [0.4, 0.5) is 4.39 Å². The Bertz CT molecular complexity index is 372. The second kappa shape index (κ2) is 4.72. The topological polar surface area (TPSA) is 26.0 Å². The van der Waals surface area contributed by atoms with Crippen LogP contribution < -0.4 is 5.73 Å². The summed E-state index contributed by atoms with van der Waals surface area (Å²) >= 11 is 5.65. The van der Waals surface area contributed by atoms with Gasteiger partial charge in [-0.2, -0.15) is 0 Å². The van der Waals surface area contributed by atoms with Gasteiger partial charge in [0.05, 0.1) is 5.02 Å². The molecule has 2 rings (SSSR count). The molecule has 3 heteroatoms. The molecule has 1 nitrogen and oxygen atoms in total. The predicted molar refractivity (Wildman–Crippen MR) is 65.1 cm³/mol. The summed E-state index contributed by atoms with van der Waals surface area (Å²) in [6, 6.07) is 4.98. The Morgan fingerprint density at radius 3 is 2.56 bits per heavy atom. The summed E-state index contributed by atoms with van der Waals surface area (Å²) in [5, 5.41) is 0.179. The maximum absolute atomic E-state index is 13.3. The molecule has 1 aromatic rings. The highest BCUT2D eigenvalue weighted by molar-refractivity contribution is 6.30. The lowest BCUT2D eigenvalue weighted by Crippen LogP contribution is -2.43. The Morgan fingerprint density at radius 1 is 1.25 bits per heavy atom. The summed E-state index contributed by atoms with van der Waals surface area (Å²) < 4.78 is 13.3.